The minimum atomic E-state index is -0.0588. The zero-order valence-electron chi connectivity index (χ0n) is 9.72. The molecule has 2 nitrogen and oxygen atoms in total. The van der Waals surface area contributed by atoms with Gasteiger partial charge in [0.1, 0.15) is 11.3 Å². The standard InChI is InChI=1S/C13H17NO/c1-9-12(13(2,3)14-4)10-7-5-6-8-11(10)15-9/h5-8,14H,1-4H3. The van der Waals surface area contributed by atoms with Crippen molar-refractivity contribution < 1.29 is 4.42 Å². The average molecular weight is 203 g/mol. The van der Waals surface area contributed by atoms with Crippen LogP contribution in [0.4, 0.5) is 0 Å². The first kappa shape index (κ1) is 10.2. The van der Waals surface area contributed by atoms with E-state index in [2.05, 4.69) is 25.2 Å². The maximum Gasteiger partial charge on any atom is 0.134 e. The number of hydrogen-bond donors (Lipinski definition) is 1. The molecule has 0 radical (unpaired) electrons. The van der Waals surface area contributed by atoms with E-state index in [9.17, 15) is 0 Å². The molecule has 1 aromatic heterocycles. The fraction of sp³-hybridized carbons (Fsp3) is 0.385. The summed E-state index contributed by atoms with van der Waals surface area (Å²) in [5, 5.41) is 4.52. The van der Waals surface area contributed by atoms with Crippen LogP contribution < -0.4 is 5.32 Å². The molecule has 0 aliphatic carbocycles. The van der Waals surface area contributed by atoms with E-state index in [0.29, 0.717) is 0 Å². The number of rotatable bonds is 2. The zero-order valence-corrected chi connectivity index (χ0v) is 9.72. The Bertz CT molecular complexity index is 482. The monoisotopic (exact) mass is 203 g/mol. The molecule has 0 amide bonds. The van der Waals surface area contributed by atoms with Crippen LogP contribution in [0.5, 0.6) is 0 Å². The number of furan rings is 1. The maximum absolute atomic E-state index is 5.75. The smallest absolute Gasteiger partial charge is 0.134 e. The minimum Gasteiger partial charge on any atom is -0.461 e. The first-order valence-corrected chi connectivity index (χ1v) is 5.24. The summed E-state index contributed by atoms with van der Waals surface area (Å²) in [6.07, 6.45) is 0. The molecule has 0 spiro atoms. The molecular weight excluding hydrogens is 186 g/mol. The molecule has 2 rings (SSSR count). The van der Waals surface area contributed by atoms with Gasteiger partial charge in [0, 0.05) is 16.5 Å². The zero-order chi connectivity index (χ0) is 11.1. The lowest BCUT2D eigenvalue weighted by Crippen LogP contribution is -2.33. The molecule has 0 atom stereocenters. The van der Waals surface area contributed by atoms with E-state index in [4.69, 9.17) is 4.42 Å². The highest BCUT2D eigenvalue weighted by atomic mass is 16.3. The molecule has 0 aliphatic heterocycles. The fourth-order valence-electron chi connectivity index (χ4n) is 2.07. The summed E-state index contributed by atoms with van der Waals surface area (Å²) < 4.78 is 5.75. The molecule has 0 aliphatic rings. The predicted molar refractivity (Wildman–Crippen MR) is 63.0 cm³/mol. The Morgan fingerprint density at radius 1 is 1.20 bits per heavy atom. The molecule has 1 N–H and O–H groups in total. The lowest BCUT2D eigenvalue weighted by Gasteiger charge is -2.24. The molecule has 15 heavy (non-hydrogen) atoms. The Morgan fingerprint density at radius 3 is 2.53 bits per heavy atom. The highest BCUT2D eigenvalue weighted by Crippen LogP contribution is 2.33. The second-order valence-electron chi connectivity index (χ2n) is 4.40. The van der Waals surface area contributed by atoms with Crippen LogP contribution in [0.1, 0.15) is 25.2 Å². The quantitative estimate of drug-likeness (QED) is 0.810. The fourth-order valence-corrected chi connectivity index (χ4v) is 2.07. The summed E-state index contributed by atoms with van der Waals surface area (Å²) in [5.74, 6) is 0.996. The molecule has 0 fully saturated rings. The van der Waals surface area contributed by atoms with Gasteiger partial charge in [0.05, 0.1) is 0 Å². The van der Waals surface area contributed by atoms with Gasteiger partial charge < -0.3 is 9.73 Å². The Kier molecular flexibility index (Phi) is 2.31. The number of nitrogens with one attached hydrogen (secondary N) is 1. The van der Waals surface area contributed by atoms with Gasteiger partial charge in [-0.05, 0) is 33.9 Å². The third-order valence-corrected chi connectivity index (χ3v) is 3.02. The number of benzene rings is 1. The number of fused-ring (bicyclic) bond motifs is 1. The van der Waals surface area contributed by atoms with Gasteiger partial charge in [-0.3, -0.25) is 0 Å². The third kappa shape index (κ3) is 1.55. The van der Waals surface area contributed by atoms with Crippen molar-refractivity contribution in [2.45, 2.75) is 26.3 Å². The van der Waals surface area contributed by atoms with Crippen molar-refractivity contribution in [3.05, 3.63) is 35.6 Å². The maximum atomic E-state index is 5.75. The Balaban J connectivity index is 2.74. The normalized spacial score (nSPS) is 12.3. The van der Waals surface area contributed by atoms with Crippen LogP contribution in [0.15, 0.2) is 28.7 Å². The van der Waals surface area contributed by atoms with Crippen molar-refractivity contribution >= 4 is 11.0 Å². The van der Waals surface area contributed by atoms with E-state index in [1.165, 1.54) is 10.9 Å². The summed E-state index contributed by atoms with van der Waals surface area (Å²) in [6, 6.07) is 8.17. The molecule has 0 unspecified atom stereocenters. The van der Waals surface area contributed by atoms with E-state index >= 15 is 0 Å². The van der Waals surface area contributed by atoms with Crippen LogP contribution in [0.25, 0.3) is 11.0 Å². The Labute approximate surface area is 90.3 Å². The molecule has 2 aromatic rings. The first-order chi connectivity index (χ1) is 7.06. The van der Waals surface area contributed by atoms with Crippen LogP contribution in [0, 0.1) is 6.92 Å². The van der Waals surface area contributed by atoms with Gasteiger partial charge in [0.15, 0.2) is 0 Å². The van der Waals surface area contributed by atoms with Gasteiger partial charge in [-0.1, -0.05) is 18.2 Å². The van der Waals surface area contributed by atoms with Crippen molar-refractivity contribution in [3.63, 3.8) is 0 Å². The lowest BCUT2D eigenvalue weighted by atomic mass is 9.92. The summed E-state index contributed by atoms with van der Waals surface area (Å²) in [5.41, 5.74) is 2.16. The van der Waals surface area contributed by atoms with Gasteiger partial charge >= 0.3 is 0 Å². The molecule has 2 heteroatoms. The molecule has 0 saturated heterocycles. The lowest BCUT2D eigenvalue weighted by molar-refractivity contribution is 0.432. The van der Waals surface area contributed by atoms with Gasteiger partial charge in [0.25, 0.3) is 0 Å². The number of para-hydroxylation sites is 1. The van der Waals surface area contributed by atoms with Gasteiger partial charge in [0.2, 0.25) is 0 Å². The summed E-state index contributed by atoms with van der Waals surface area (Å²) in [7, 11) is 1.97. The molecule has 80 valence electrons. The van der Waals surface area contributed by atoms with E-state index in [-0.39, 0.29) is 5.54 Å². The second kappa shape index (κ2) is 3.38. The first-order valence-electron chi connectivity index (χ1n) is 5.24. The van der Waals surface area contributed by atoms with Crippen LogP contribution in [0.2, 0.25) is 0 Å². The third-order valence-electron chi connectivity index (χ3n) is 3.02. The predicted octanol–water partition coefficient (Wildman–Crippen LogP) is 3.20. The minimum absolute atomic E-state index is 0.0588. The molecule has 1 aromatic carbocycles. The van der Waals surface area contributed by atoms with Crippen molar-refractivity contribution in [2.24, 2.45) is 0 Å². The van der Waals surface area contributed by atoms with Crippen molar-refractivity contribution in [3.8, 4) is 0 Å². The Hall–Kier alpha value is -1.28. The van der Waals surface area contributed by atoms with E-state index < -0.39 is 0 Å². The largest absolute Gasteiger partial charge is 0.461 e. The molecule has 0 saturated carbocycles. The van der Waals surface area contributed by atoms with E-state index in [1.54, 1.807) is 0 Å². The van der Waals surface area contributed by atoms with Crippen LogP contribution in [-0.2, 0) is 5.54 Å². The molecule has 0 bridgehead atoms. The summed E-state index contributed by atoms with van der Waals surface area (Å²) >= 11 is 0. The Morgan fingerprint density at radius 2 is 1.87 bits per heavy atom. The second-order valence-corrected chi connectivity index (χ2v) is 4.40. The summed E-state index contributed by atoms with van der Waals surface area (Å²) in [6.45, 7) is 6.35. The molecular formula is C13H17NO. The van der Waals surface area contributed by atoms with E-state index in [1.807, 2.05) is 32.2 Å². The van der Waals surface area contributed by atoms with Gasteiger partial charge in [-0.15, -0.1) is 0 Å². The highest BCUT2D eigenvalue weighted by molar-refractivity contribution is 5.83. The molecule has 1 heterocycles. The number of hydrogen-bond acceptors (Lipinski definition) is 2. The summed E-state index contributed by atoms with van der Waals surface area (Å²) in [4.78, 5) is 0. The van der Waals surface area contributed by atoms with Crippen molar-refractivity contribution in [1.82, 2.24) is 5.32 Å². The van der Waals surface area contributed by atoms with Crippen LogP contribution in [0.3, 0.4) is 0 Å². The number of aryl methyl sites for hydroxylation is 1. The van der Waals surface area contributed by atoms with Gasteiger partial charge in [-0.25, -0.2) is 0 Å². The van der Waals surface area contributed by atoms with Crippen molar-refractivity contribution in [1.29, 1.82) is 0 Å². The van der Waals surface area contributed by atoms with Crippen LogP contribution >= 0.6 is 0 Å². The highest BCUT2D eigenvalue weighted by Gasteiger charge is 2.25. The van der Waals surface area contributed by atoms with Gasteiger partial charge in [-0.2, -0.15) is 0 Å². The SMILES string of the molecule is CNC(C)(C)c1c(C)oc2ccccc12. The van der Waals surface area contributed by atoms with E-state index in [0.717, 1.165) is 11.3 Å². The average Bonchev–Trinajstić information content (AvgIpc) is 2.54. The van der Waals surface area contributed by atoms with Crippen molar-refractivity contribution in [2.75, 3.05) is 7.05 Å². The van der Waals surface area contributed by atoms with Crippen LogP contribution in [-0.4, -0.2) is 7.05 Å². The topological polar surface area (TPSA) is 25.2 Å².